The molecule has 1 atom stereocenters. The van der Waals surface area contributed by atoms with Crippen molar-refractivity contribution >= 4 is 12.6 Å². The molecule has 1 aliphatic rings. The minimum absolute atomic E-state index is 0.304. The Morgan fingerprint density at radius 3 is 2.65 bits per heavy atom. The molecule has 0 bridgehead atoms. The fraction of sp³-hybridized carbons (Fsp3) is 0.833. The molecule has 4 nitrogen and oxygen atoms in total. The van der Waals surface area contributed by atoms with E-state index in [1.165, 1.54) is 4.57 Å². The van der Waals surface area contributed by atoms with Gasteiger partial charge in [-0.2, -0.15) is 25.8 Å². The molecule has 0 radical (unpaired) electrons. The summed E-state index contributed by atoms with van der Waals surface area (Å²) >= 11 is 4.21. The molecule has 1 aliphatic heterocycles. The van der Waals surface area contributed by atoms with Gasteiger partial charge in [-0.15, -0.1) is 10.2 Å². The van der Waals surface area contributed by atoms with Crippen LogP contribution in [0.5, 0.6) is 0 Å². The smallest absolute Gasteiger partial charge is 0.305 e. The Balaban J connectivity index is 1.94. The van der Waals surface area contributed by atoms with E-state index < -0.39 is 12.0 Å². The van der Waals surface area contributed by atoms with Gasteiger partial charge in [0.2, 0.25) is 5.82 Å². The van der Waals surface area contributed by atoms with Gasteiger partial charge in [0.05, 0.1) is 6.54 Å². The van der Waals surface area contributed by atoms with E-state index in [2.05, 4.69) is 34.6 Å². The maximum atomic E-state index is 12.7. The molecule has 0 saturated heterocycles. The van der Waals surface area contributed by atoms with Crippen LogP contribution < -0.4 is 0 Å². The van der Waals surface area contributed by atoms with Crippen LogP contribution in [0.25, 0.3) is 0 Å². The van der Waals surface area contributed by atoms with Crippen LogP contribution in [0.4, 0.5) is 13.2 Å². The fourth-order valence-corrected chi connectivity index (χ4v) is 2.82. The molecule has 0 aliphatic carbocycles. The Kier molecular flexibility index (Phi) is 4.95. The third-order valence-corrected chi connectivity index (χ3v) is 3.90. The molecule has 0 spiro atoms. The summed E-state index contributed by atoms with van der Waals surface area (Å²) in [5, 5.41) is 6.96. The molecular formula is C12H19F3N4S. The van der Waals surface area contributed by atoms with Crippen LogP contribution in [0.15, 0.2) is 0 Å². The van der Waals surface area contributed by atoms with Gasteiger partial charge in [0.25, 0.3) is 0 Å². The van der Waals surface area contributed by atoms with E-state index in [1.807, 2.05) is 0 Å². The first-order valence-corrected chi connectivity index (χ1v) is 7.37. The summed E-state index contributed by atoms with van der Waals surface area (Å²) in [4.78, 5) is 2.14. The lowest BCUT2D eigenvalue weighted by molar-refractivity contribution is -0.148. The van der Waals surface area contributed by atoms with E-state index in [9.17, 15) is 13.2 Å². The van der Waals surface area contributed by atoms with E-state index in [1.54, 1.807) is 0 Å². The van der Waals surface area contributed by atoms with Crippen molar-refractivity contribution in [3.05, 3.63) is 11.6 Å². The monoisotopic (exact) mass is 308 g/mol. The standard InChI is InChI=1S/C12H19F3N4S/c1-9(3-7-20)2-4-18-5-6-19-10(8-18)16-17-11(19)12(13,14)15/h9,20H,2-8H2,1H3. The Bertz CT molecular complexity index is 446. The SMILES string of the molecule is CC(CCS)CCN1CCn2c(nnc2C(F)(F)F)C1. The molecule has 1 unspecified atom stereocenters. The second-order valence-corrected chi connectivity index (χ2v) is 5.72. The first-order valence-electron chi connectivity index (χ1n) is 6.74. The molecule has 0 amide bonds. The highest BCUT2D eigenvalue weighted by atomic mass is 32.1. The summed E-state index contributed by atoms with van der Waals surface area (Å²) in [6, 6.07) is 0. The lowest BCUT2D eigenvalue weighted by Gasteiger charge is -2.28. The van der Waals surface area contributed by atoms with Gasteiger partial charge < -0.3 is 4.57 Å². The molecule has 8 heteroatoms. The van der Waals surface area contributed by atoms with Crippen molar-refractivity contribution in [1.29, 1.82) is 0 Å². The van der Waals surface area contributed by atoms with Gasteiger partial charge in [-0.05, 0) is 31.1 Å². The molecule has 0 aromatic carbocycles. The zero-order valence-corrected chi connectivity index (χ0v) is 12.3. The van der Waals surface area contributed by atoms with Gasteiger partial charge >= 0.3 is 6.18 Å². The molecule has 1 aromatic rings. The molecule has 0 saturated carbocycles. The Labute approximate surface area is 121 Å². The van der Waals surface area contributed by atoms with Crippen molar-refractivity contribution < 1.29 is 13.2 Å². The van der Waals surface area contributed by atoms with E-state index >= 15 is 0 Å². The minimum Gasteiger partial charge on any atom is -0.305 e. The van der Waals surface area contributed by atoms with Crippen molar-refractivity contribution in [3.8, 4) is 0 Å². The lowest BCUT2D eigenvalue weighted by atomic mass is 10.0. The van der Waals surface area contributed by atoms with E-state index in [0.717, 1.165) is 25.1 Å². The molecule has 1 aromatic heterocycles. The second kappa shape index (κ2) is 6.34. The number of nitrogens with zero attached hydrogens (tertiary/aromatic N) is 4. The zero-order chi connectivity index (χ0) is 14.8. The van der Waals surface area contributed by atoms with Crippen LogP contribution >= 0.6 is 12.6 Å². The largest absolute Gasteiger partial charge is 0.451 e. The van der Waals surface area contributed by atoms with Crippen LogP contribution in [0.3, 0.4) is 0 Å². The highest BCUT2D eigenvalue weighted by Crippen LogP contribution is 2.29. The lowest BCUT2D eigenvalue weighted by Crippen LogP contribution is -2.36. The van der Waals surface area contributed by atoms with Crippen LogP contribution in [0.1, 0.15) is 31.4 Å². The van der Waals surface area contributed by atoms with Gasteiger partial charge in [0, 0.05) is 13.1 Å². The third-order valence-electron chi connectivity index (χ3n) is 3.65. The molecule has 0 fully saturated rings. The summed E-state index contributed by atoms with van der Waals surface area (Å²) in [6.45, 7) is 4.41. The fourth-order valence-electron chi connectivity index (χ4n) is 2.38. The number of fused-ring (bicyclic) bond motifs is 1. The van der Waals surface area contributed by atoms with Crippen LogP contribution in [0, 0.1) is 5.92 Å². The normalized spacial score (nSPS) is 18.1. The zero-order valence-electron chi connectivity index (χ0n) is 11.4. The van der Waals surface area contributed by atoms with E-state index in [-0.39, 0.29) is 0 Å². The average molecular weight is 308 g/mol. The van der Waals surface area contributed by atoms with Crippen molar-refractivity contribution in [2.45, 2.75) is 39.0 Å². The van der Waals surface area contributed by atoms with E-state index in [4.69, 9.17) is 0 Å². The quantitative estimate of drug-likeness (QED) is 0.849. The summed E-state index contributed by atoms with van der Waals surface area (Å²) in [5.74, 6) is 0.976. The first kappa shape index (κ1) is 15.6. The number of hydrogen-bond donors (Lipinski definition) is 1. The van der Waals surface area contributed by atoms with Gasteiger partial charge in [-0.25, -0.2) is 0 Å². The first-order chi connectivity index (χ1) is 9.41. The predicted molar refractivity (Wildman–Crippen MR) is 72.6 cm³/mol. The molecule has 0 N–H and O–H groups in total. The number of alkyl halides is 3. The number of rotatable bonds is 5. The number of thiol groups is 1. The third kappa shape index (κ3) is 3.66. The number of halogens is 3. The Morgan fingerprint density at radius 1 is 1.25 bits per heavy atom. The van der Waals surface area contributed by atoms with Crippen LogP contribution in [-0.4, -0.2) is 38.5 Å². The van der Waals surface area contributed by atoms with Crippen LogP contribution in [-0.2, 0) is 19.3 Å². The molecule has 20 heavy (non-hydrogen) atoms. The summed E-state index contributed by atoms with van der Waals surface area (Å²) < 4.78 is 39.3. The summed E-state index contributed by atoms with van der Waals surface area (Å²) in [5.41, 5.74) is 0. The molecule has 2 heterocycles. The van der Waals surface area contributed by atoms with Crippen molar-refractivity contribution in [2.24, 2.45) is 5.92 Å². The second-order valence-electron chi connectivity index (χ2n) is 5.27. The topological polar surface area (TPSA) is 34.0 Å². The predicted octanol–water partition coefficient (Wildman–Crippen LogP) is 2.46. The molecular weight excluding hydrogens is 289 g/mol. The van der Waals surface area contributed by atoms with Gasteiger partial charge in [-0.1, -0.05) is 6.92 Å². The Morgan fingerprint density at radius 2 is 2.00 bits per heavy atom. The number of aromatic nitrogens is 3. The van der Waals surface area contributed by atoms with Crippen molar-refractivity contribution in [3.63, 3.8) is 0 Å². The minimum atomic E-state index is -4.42. The van der Waals surface area contributed by atoms with Gasteiger partial charge in [0.15, 0.2) is 0 Å². The van der Waals surface area contributed by atoms with E-state index in [0.29, 0.717) is 31.4 Å². The maximum Gasteiger partial charge on any atom is 0.451 e. The molecule has 114 valence electrons. The maximum absolute atomic E-state index is 12.7. The van der Waals surface area contributed by atoms with Crippen LogP contribution in [0.2, 0.25) is 0 Å². The highest BCUT2D eigenvalue weighted by molar-refractivity contribution is 7.80. The van der Waals surface area contributed by atoms with Gasteiger partial charge in [0.1, 0.15) is 5.82 Å². The Hall–Kier alpha value is -0.760. The highest BCUT2D eigenvalue weighted by Gasteiger charge is 2.39. The summed E-state index contributed by atoms with van der Waals surface area (Å²) in [7, 11) is 0. The van der Waals surface area contributed by atoms with Crippen molar-refractivity contribution in [1.82, 2.24) is 19.7 Å². The van der Waals surface area contributed by atoms with Gasteiger partial charge in [-0.3, -0.25) is 4.90 Å². The van der Waals surface area contributed by atoms with Crippen molar-refractivity contribution in [2.75, 3.05) is 18.8 Å². The average Bonchev–Trinajstić information content (AvgIpc) is 2.79. The molecule has 2 rings (SSSR count). The summed E-state index contributed by atoms with van der Waals surface area (Å²) in [6.07, 6.45) is -2.33. The number of hydrogen-bond acceptors (Lipinski definition) is 4.